The van der Waals surface area contributed by atoms with E-state index in [9.17, 15) is 22.8 Å². The zero-order chi connectivity index (χ0) is 24.9. The van der Waals surface area contributed by atoms with Crippen LogP contribution in [0.3, 0.4) is 0 Å². The molecule has 0 saturated carbocycles. The molecule has 0 atom stereocenters. The first-order valence-electron chi connectivity index (χ1n) is 10.8. The van der Waals surface area contributed by atoms with Crippen molar-refractivity contribution in [1.29, 1.82) is 0 Å². The monoisotopic (exact) mass is 488 g/mol. The number of amides is 1. The van der Waals surface area contributed by atoms with Crippen LogP contribution in [-0.2, 0) is 29.1 Å². The number of hydrogen-bond donors (Lipinski definition) is 1. The number of nitrogens with one attached hydrogen (secondary N) is 1. The number of methoxy groups -OCH3 is 1. The standard InChI is InChI=1S/C24H28N2O7S/c1-16-8-9-19(14-17(16)2)25-22(27)15-33-23(28)18-10-12-26(13-11-18)34(30,31)21-7-5-4-6-20(21)24(29)32-3/h4-9,14,18H,10-13,15H2,1-3H3,(H,25,27). The number of piperidine rings is 1. The van der Waals surface area contributed by atoms with E-state index >= 15 is 0 Å². The number of carbonyl (C=O) groups excluding carboxylic acids is 3. The Morgan fingerprint density at radius 2 is 1.71 bits per heavy atom. The van der Waals surface area contributed by atoms with E-state index in [-0.39, 0.29) is 36.4 Å². The van der Waals surface area contributed by atoms with Gasteiger partial charge in [-0.2, -0.15) is 4.31 Å². The molecule has 0 spiro atoms. The Labute approximate surface area is 199 Å². The molecular formula is C24H28N2O7S. The number of aryl methyl sites for hydroxylation is 2. The predicted molar refractivity (Wildman–Crippen MR) is 125 cm³/mol. The molecule has 0 aromatic heterocycles. The second kappa shape index (κ2) is 10.8. The van der Waals surface area contributed by atoms with Gasteiger partial charge in [0.2, 0.25) is 10.0 Å². The predicted octanol–water partition coefficient (Wildman–Crippen LogP) is 2.67. The van der Waals surface area contributed by atoms with Gasteiger partial charge in [0.1, 0.15) is 0 Å². The average molecular weight is 489 g/mol. The van der Waals surface area contributed by atoms with Crippen LogP contribution >= 0.6 is 0 Å². The minimum atomic E-state index is -3.95. The summed E-state index contributed by atoms with van der Waals surface area (Å²) in [6.45, 7) is 3.67. The van der Waals surface area contributed by atoms with Crippen molar-refractivity contribution in [3.05, 3.63) is 59.2 Å². The van der Waals surface area contributed by atoms with E-state index in [0.717, 1.165) is 11.1 Å². The summed E-state index contributed by atoms with van der Waals surface area (Å²) in [4.78, 5) is 36.4. The molecule has 0 bridgehead atoms. The number of nitrogens with zero attached hydrogens (tertiary/aromatic N) is 1. The van der Waals surface area contributed by atoms with Crippen molar-refractivity contribution in [2.75, 3.05) is 32.1 Å². The van der Waals surface area contributed by atoms with Crippen LogP contribution in [0.15, 0.2) is 47.4 Å². The summed E-state index contributed by atoms with van der Waals surface area (Å²) in [7, 11) is -2.76. The normalized spacial score (nSPS) is 14.9. The van der Waals surface area contributed by atoms with Crippen LogP contribution in [0.1, 0.15) is 34.3 Å². The van der Waals surface area contributed by atoms with E-state index in [1.165, 1.54) is 29.6 Å². The largest absolute Gasteiger partial charge is 0.465 e. The number of esters is 2. The van der Waals surface area contributed by atoms with E-state index in [1.54, 1.807) is 12.1 Å². The van der Waals surface area contributed by atoms with Gasteiger partial charge in [0, 0.05) is 18.8 Å². The lowest BCUT2D eigenvalue weighted by atomic mass is 9.98. The van der Waals surface area contributed by atoms with Gasteiger partial charge in [-0.15, -0.1) is 0 Å². The highest BCUT2D eigenvalue weighted by Crippen LogP contribution is 2.27. The number of ether oxygens (including phenoxy) is 2. The topological polar surface area (TPSA) is 119 Å². The number of sulfonamides is 1. The highest BCUT2D eigenvalue weighted by molar-refractivity contribution is 7.89. The lowest BCUT2D eigenvalue weighted by Gasteiger charge is -2.30. The Hall–Kier alpha value is -3.24. The molecule has 1 N–H and O–H groups in total. The fraction of sp³-hybridized carbons (Fsp3) is 0.375. The number of rotatable bonds is 7. The average Bonchev–Trinajstić information content (AvgIpc) is 2.84. The fourth-order valence-electron chi connectivity index (χ4n) is 3.71. The third kappa shape index (κ3) is 5.81. The zero-order valence-electron chi connectivity index (χ0n) is 19.4. The summed E-state index contributed by atoms with van der Waals surface area (Å²) < 4.78 is 37.3. The summed E-state index contributed by atoms with van der Waals surface area (Å²) in [5, 5.41) is 2.69. The molecule has 1 heterocycles. The molecule has 0 radical (unpaired) electrons. The molecule has 2 aromatic rings. The third-order valence-electron chi connectivity index (χ3n) is 5.83. The molecule has 0 unspecified atom stereocenters. The van der Waals surface area contributed by atoms with E-state index in [1.807, 2.05) is 26.0 Å². The second-order valence-electron chi connectivity index (χ2n) is 8.12. The first-order valence-corrected chi connectivity index (χ1v) is 12.3. The Balaban J connectivity index is 1.54. The lowest BCUT2D eigenvalue weighted by molar-refractivity contribution is -0.152. The van der Waals surface area contributed by atoms with Crippen LogP contribution in [-0.4, -0.2) is 57.4 Å². The summed E-state index contributed by atoms with van der Waals surface area (Å²) in [5.41, 5.74) is 2.72. The SMILES string of the molecule is COC(=O)c1ccccc1S(=O)(=O)N1CCC(C(=O)OCC(=O)Nc2ccc(C)c(C)c2)CC1. The summed E-state index contributed by atoms with van der Waals surface area (Å²) in [6.07, 6.45) is 0.495. The Kier molecular flexibility index (Phi) is 8.06. The molecule has 2 aromatic carbocycles. The van der Waals surface area contributed by atoms with Crippen LogP contribution in [0.5, 0.6) is 0 Å². The van der Waals surface area contributed by atoms with Crippen LogP contribution < -0.4 is 5.32 Å². The van der Waals surface area contributed by atoms with Crippen LogP contribution in [0.25, 0.3) is 0 Å². The Morgan fingerprint density at radius 3 is 2.35 bits per heavy atom. The molecule has 9 nitrogen and oxygen atoms in total. The van der Waals surface area contributed by atoms with Gasteiger partial charge in [0.25, 0.3) is 5.91 Å². The van der Waals surface area contributed by atoms with Crippen molar-refractivity contribution in [3.8, 4) is 0 Å². The molecule has 1 aliphatic heterocycles. The van der Waals surface area contributed by atoms with Crippen LogP contribution in [0.2, 0.25) is 0 Å². The highest BCUT2D eigenvalue weighted by atomic mass is 32.2. The lowest BCUT2D eigenvalue weighted by Crippen LogP contribution is -2.41. The van der Waals surface area contributed by atoms with E-state index in [4.69, 9.17) is 4.74 Å². The Bertz CT molecular complexity index is 1190. The van der Waals surface area contributed by atoms with E-state index in [0.29, 0.717) is 5.69 Å². The second-order valence-corrected chi connectivity index (χ2v) is 10.0. The van der Waals surface area contributed by atoms with E-state index < -0.39 is 40.4 Å². The number of benzene rings is 2. The van der Waals surface area contributed by atoms with Crippen LogP contribution in [0, 0.1) is 19.8 Å². The van der Waals surface area contributed by atoms with Crippen molar-refractivity contribution in [1.82, 2.24) is 4.31 Å². The van der Waals surface area contributed by atoms with E-state index in [2.05, 4.69) is 10.1 Å². The quantitative estimate of drug-likeness (QED) is 0.595. The summed E-state index contributed by atoms with van der Waals surface area (Å²) in [5.74, 6) is -2.24. The van der Waals surface area contributed by atoms with Gasteiger partial charge in [0.15, 0.2) is 6.61 Å². The molecule has 1 amide bonds. The molecular weight excluding hydrogens is 460 g/mol. The molecule has 182 valence electrons. The van der Waals surface area contributed by atoms with Gasteiger partial charge in [-0.1, -0.05) is 18.2 Å². The molecule has 10 heteroatoms. The van der Waals surface area contributed by atoms with Crippen molar-refractivity contribution in [2.45, 2.75) is 31.6 Å². The van der Waals surface area contributed by atoms with Gasteiger partial charge in [0.05, 0.1) is 23.5 Å². The van der Waals surface area contributed by atoms with Crippen molar-refractivity contribution in [2.24, 2.45) is 5.92 Å². The van der Waals surface area contributed by atoms with Crippen molar-refractivity contribution < 1.29 is 32.3 Å². The van der Waals surface area contributed by atoms with Gasteiger partial charge in [-0.25, -0.2) is 13.2 Å². The van der Waals surface area contributed by atoms with Gasteiger partial charge in [-0.05, 0) is 62.1 Å². The summed E-state index contributed by atoms with van der Waals surface area (Å²) >= 11 is 0. The minimum absolute atomic E-state index is 0.0404. The molecule has 0 aliphatic carbocycles. The number of anilines is 1. The number of carbonyl (C=O) groups is 3. The fourth-order valence-corrected chi connectivity index (χ4v) is 5.36. The maximum Gasteiger partial charge on any atom is 0.339 e. The van der Waals surface area contributed by atoms with Gasteiger partial charge < -0.3 is 14.8 Å². The van der Waals surface area contributed by atoms with Gasteiger partial charge >= 0.3 is 11.9 Å². The first-order chi connectivity index (χ1) is 16.1. The smallest absolute Gasteiger partial charge is 0.339 e. The molecule has 3 rings (SSSR count). The molecule has 1 aliphatic rings. The number of hydrogen-bond acceptors (Lipinski definition) is 7. The zero-order valence-corrected chi connectivity index (χ0v) is 20.2. The molecule has 1 fully saturated rings. The van der Waals surface area contributed by atoms with Crippen molar-refractivity contribution in [3.63, 3.8) is 0 Å². The van der Waals surface area contributed by atoms with Crippen molar-refractivity contribution >= 4 is 33.6 Å². The molecule has 1 saturated heterocycles. The minimum Gasteiger partial charge on any atom is -0.465 e. The molecule has 34 heavy (non-hydrogen) atoms. The van der Waals surface area contributed by atoms with Gasteiger partial charge in [-0.3, -0.25) is 9.59 Å². The first kappa shape index (κ1) is 25.4. The maximum absolute atomic E-state index is 13.1. The summed E-state index contributed by atoms with van der Waals surface area (Å²) in [6, 6.07) is 11.3. The maximum atomic E-state index is 13.1. The third-order valence-corrected chi connectivity index (χ3v) is 7.79. The highest BCUT2D eigenvalue weighted by Gasteiger charge is 2.35. The van der Waals surface area contributed by atoms with Crippen LogP contribution in [0.4, 0.5) is 5.69 Å². The Morgan fingerprint density at radius 1 is 1.03 bits per heavy atom.